The second-order valence-corrected chi connectivity index (χ2v) is 14.2. The molecule has 0 fully saturated rings. The third-order valence-electron chi connectivity index (χ3n) is 6.55. The van der Waals surface area contributed by atoms with E-state index in [-0.39, 0.29) is 19.3 Å². The van der Waals surface area contributed by atoms with E-state index in [9.17, 15) is 43.5 Å². The number of phosphoric acid groups is 2. The number of esters is 3. The van der Waals surface area contributed by atoms with Crippen molar-refractivity contribution in [2.45, 2.75) is 135 Å². The Morgan fingerprint density at radius 2 is 0.896 bits per heavy atom. The highest BCUT2D eigenvalue weighted by Crippen LogP contribution is 2.45. The number of carbonyl (C=O) groups is 3. The number of aliphatic hydroxyl groups is 2. The van der Waals surface area contributed by atoms with Crippen molar-refractivity contribution < 1.29 is 75.8 Å². The molecule has 0 aliphatic heterocycles. The maximum absolute atomic E-state index is 12.3. The molecular weight excluding hydrogens is 678 g/mol. The molecule has 0 radical (unpaired) electrons. The molecule has 0 aromatic heterocycles. The van der Waals surface area contributed by atoms with Gasteiger partial charge in [0.2, 0.25) is 0 Å². The number of phosphoric ester groups is 2. The number of carbonyl (C=O) groups excluding carboxylic acids is 3. The van der Waals surface area contributed by atoms with E-state index in [1.807, 2.05) is 6.92 Å². The molecular formula is C30H58O16P2. The van der Waals surface area contributed by atoms with E-state index in [0.717, 1.165) is 44.9 Å². The summed E-state index contributed by atoms with van der Waals surface area (Å²) in [6, 6.07) is 0. The highest BCUT2D eigenvalue weighted by Gasteiger charge is 2.29. The molecule has 16 nitrogen and oxygen atoms in total. The van der Waals surface area contributed by atoms with Crippen molar-refractivity contribution in [2.24, 2.45) is 0 Å². The molecule has 0 bridgehead atoms. The number of rotatable bonds is 32. The number of aliphatic hydroxyl groups excluding tert-OH is 2. The van der Waals surface area contributed by atoms with Crippen LogP contribution < -0.4 is 0 Å². The minimum absolute atomic E-state index is 0.0607. The molecule has 0 aromatic carbocycles. The van der Waals surface area contributed by atoms with Gasteiger partial charge in [0.1, 0.15) is 25.4 Å². The first-order chi connectivity index (χ1) is 22.7. The van der Waals surface area contributed by atoms with Gasteiger partial charge in [0, 0.05) is 19.3 Å². The van der Waals surface area contributed by atoms with Crippen molar-refractivity contribution in [3.05, 3.63) is 0 Å². The maximum atomic E-state index is 12.3. The molecule has 0 rings (SSSR count). The van der Waals surface area contributed by atoms with Crippen molar-refractivity contribution in [3.8, 4) is 0 Å². The molecule has 0 saturated heterocycles. The molecule has 48 heavy (non-hydrogen) atoms. The lowest BCUT2D eigenvalue weighted by atomic mass is 10.1. The number of ether oxygens (including phenoxy) is 3. The van der Waals surface area contributed by atoms with Gasteiger partial charge in [0.25, 0.3) is 0 Å². The monoisotopic (exact) mass is 736 g/mol. The second kappa shape index (κ2) is 28.3. The first kappa shape index (κ1) is 46.5. The van der Waals surface area contributed by atoms with Gasteiger partial charge in [-0.25, -0.2) is 9.13 Å². The lowest BCUT2D eigenvalue weighted by Crippen LogP contribution is -2.29. The van der Waals surface area contributed by atoms with E-state index in [0.29, 0.717) is 19.3 Å². The Morgan fingerprint density at radius 3 is 1.38 bits per heavy atom. The molecule has 0 saturated carbocycles. The van der Waals surface area contributed by atoms with E-state index in [2.05, 4.69) is 20.5 Å². The van der Waals surface area contributed by atoms with E-state index in [1.165, 1.54) is 12.8 Å². The van der Waals surface area contributed by atoms with Crippen molar-refractivity contribution in [1.82, 2.24) is 0 Å². The third-order valence-corrected chi connectivity index (χ3v) is 8.45. The van der Waals surface area contributed by atoms with Crippen LogP contribution in [0.2, 0.25) is 0 Å². The Hall–Kier alpha value is -1.45. The highest BCUT2D eigenvalue weighted by atomic mass is 31.2. The minimum atomic E-state index is -4.84. The Kier molecular flexibility index (Phi) is 27.4. The van der Waals surface area contributed by atoms with Gasteiger partial charge in [-0.15, -0.1) is 0 Å². The van der Waals surface area contributed by atoms with Crippen LogP contribution in [0.4, 0.5) is 0 Å². The van der Waals surface area contributed by atoms with Crippen molar-refractivity contribution in [3.63, 3.8) is 0 Å². The summed E-state index contributed by atoms with van der Waals surface area (Å²) in [6.45, 7) is 1.90. The summed E-state index contributed by atoms with van der Waals surface area (Å²) in [5.74, 6) is -1.66. The van der Waals surface area contributed by atoms with Crippen LogP contribution in [0.25, 0.3) is 0 Å². The summed E-state index contributed by atoms with van der Waals surface area (Å²) in [7, 11) is -9.62. The van der Waals surface area contributed by atoms with E-state index in [4.69, 9.17) is 18.7 Å². The molecule has 18 heteroatoms. The van der Waals surface area contributed by atoms with Crippen LogP contribution in [0.3, 0.4) is 0 Å². The van der Waals surface area contributed by atoms with E-state index >= 15 is 0 Å². The topological polar surface area (TPSA) is 231 Å². The zero-order valence-electron chi connectivity index (χ0n) is 28.7. The van der Waals surface area contributed by atoms with Crippen LogP contribution in [0.5, 0.6) is 0 Å². The van der Waals surface area contributed by atoms with Crippen LogP contribution in [0, 0.1) is 0 Å². The number of hydrogen-bond acceptors (Lipinski definition) is 14. The molecule has 284 valence electrons. The summed E-state index contributed by atoms with van der Waals surface area (Å²) < 4.78 is 58.4. The molecule has 0 amide bonds. The van der Waals surface area contributed by atoms with E-state index < -0.39 is 91.5 Å². The molecule has 4 N–H and O–H groups in total. The van der Waals surface area contributed by atoms with Crippen LogP contribution in [-0.2, 0) is 55.8 Å². The molecule has 0 aliphatic rings. The minimum Gasteiger partial charge on any atom is -0.463 e. The van der Waals surface area contributed by atoms with Gasteiger partial charge in [0.15, 0.2) is 6.10 Å². The van der Waals surface area contributed by atoms with Gasteiger partial charge in [-0.2, -0.15) is 0 Å². The summed E-state index contributed by atoms with van der Waals surface area (Å²) >= 11 is 0. The summed E-state index contributed by atoms with van der Waals surface area (Å²) in [5.41, 5.74) is 0. The maximum Gasteiger partial charge on any atom is 0.472 e. The largest absolute Gasteiger partial charge is 0.472 e. The Labute approximate surface area is 284 Å². The van der Waals surface area contributed by atoms with Gasteiger partial charge in [-0.05, 0) is 19.3 Å². The number of unbranched alkanes of at least 4 members (excludes halogenated alkanes) is 9. The molecule has 0 heterocycles. The Bertz CT molecular complexity index is 965. The molecule has 0 spiro atoms. The number of hydrogen-bond donors (Lipinski definition) is 4. The lowest BCUT2D eigenvalue weighted by molar-refractivity contribution is -0.161. The predicted octanol–water partition coefficient (Wildman–Crippen LogP) is 4.88. The molecule has 0 aromatic rings. The fourth-order valence-corrected chi connectivity index (χ4v) is 5.48. The normalized spacial score (nSPS) is 15.9. The average Bonchev–Trinajstić information content (AvgIpc) is 3.04. The Balaban J connectivity index is 4.46. The van der Waals surface area contributed by atoms with E-state index in [1.54, 1.807) is 6.92 Å². The van der Waals surface area contributed by atoms with Gasteiger partial charge >= 0.3 is 33.6 Å². The van der Waals surface area contributed by atoms with Gasteiger partial charge in [-0.1, -0.05) is 78.6 Å². The highest BCUT2D eigenvalue weighted by molar-refractivity contribution is 7.47. The molecule has 5 atom stereocenters. The summed E-state index contributed by atoms with van der Waals surface area (Å²) in [5, 5.41) is 19.9. The van der Waals surface area contributed by atoms with Crippen LogP contribution in [0.1, 0.15) is 117 Å². The fourth-order valence-electron chi connectivity index (χ4n) is 3.90. The third kappa shape index (κ3) is 28.4. The smallest absolute Gasteiger partial charge is 0.463 e. The second-order valence-electron chi connectivity index (χ2n) is 11.3. The van der Waals surface area contributed by atoms with Crippen LogP contribution in [-0.4, -0.2) is 95.9 Å². The van der Waals surface area contributed by atoms with Crippen LogP contribution >= 0.6 is 15.6 Å². The van der Waals surface area contributed by atoms with Crippen molar-refractivity contribution in [1.29, 1.82) is 0 Å². The molecule has 0 aliphatic carbocycles. The zero-order chi connectivity index (χ0) is 36.3. The lowest BCUT2D eigenvalue weighted by Gasteiger charge is -2.21. The summed E-state index contributed by atoms with van der Waals surface area (Å²) in [4.78, 5) is 55.5. The van der Waals surface area contributed by atoms with Gasteiger partial charge < -0.3 is 34.2 Å². The first-order valence-corrected chi connectivity index (χ1v) is 19.8. The Morgan fingerprint density at radius 1 is 0.500 bits per heavy atom. The quantitative estimate of drug-likeness (QED) is 0.0312. The fraction of sp³-hybridized carbons (Fsp3) is 0.900. The average molecular weight is 737 g/mol. The first-order valence-electron chi connectivity index (χ1n) is 16.8. The molecule has 2 unspecified atom stereocenters. The van der Waals surface area contributed by atoms with Crippen molar-refractivity contribution >= 4 is 33.6 Å². The van der Waals surface area contributed by atoms with Gasteiger partial charge in [0.05, 0.1) is 26.4 Å². The standard InChI is InChI=1S/C30H58O16P2/c1-4-7-9-11-12-13-15-18-28(33)40-19-25(31)20-42-47(36,37)43-21-26(32)22-44-48(38,39)45-24-27(46-30(35)16-6-3)23-41-29(34)17-14-10-8-5-2/h25-27,31-32H,4-24H2,1-3H3,(H,36,37)(H,38,39)/t25-,26-,27-/m1/s1. The SMILES string of the molecule is CCCCCCCCCC(=O)OC[C@@H](O)COP(=O)(O)OC[C@@H](O)COP(=O)(O)OC[C@@H](COC(=O)CCCCCC)OC(=O)CCC. The predicted molar refractivity (Wildman–Crippen MR) is 174 cm³/mol. The van der Waals surface area contributed by atoms with Crippen LogP contribution in [0.15, 0.2) is 0 Å². The van der Waals surface area contributed by atoms with Gasteiger partial charge in [-0.3, -0.25) is 32.5 Å². The zero-order valence-corrected chi connectivity index (χ0v) is 30.5. The van der Waals surface area contributed by atoms with Crippen molar-refractivity contribution in [2.75, 3.05) is 39.6 Å². The summed E-state index contributed by atoms with van der Waals surface area (Å²) in [6.07, 6.45) is 7.24.